The minimum Gasteiger partial charge on any atom is -0.299 e. The van der Waals surface area contributed by atoms with Gasteiger partial charge >= 0.3 is 0 Å². The SMILES string of the molecule is CC1=C(/C=C/C(C)=C/CC/C=C/C=O)C(C)(C)CCC1. The molecule has 0 aromatic carbocycles. The Kier molecular flexibility index (Phi) is 6.70. The summed E-state index contributed by atoms with van der Waals surface area (Å²) in [4.78, 5) is 10.2. The van der Waals surface area contributed by atoms with Gasteiger partial charge in [-0.05, 0) is 63.0 Å². The van der Waals surface area contributed by atoms with Crippen molar-refractivity contribution in [3.63, 3.8) is 0 Å². The molecule has 0 aliphatic heterocycles. The predicted octanol–water partition coefficient (Wildman–Crippen LogP) is 5.55. The summed E-state index contributed by atoms with van der Waals surface area (Å²) in [5.41, 5.74) is 4.66. The van der Waals surface area contributed by atoms with Crippen LogP contribution in [0.3, 0.4) is 0 Å². The first kappa shape index (κ1) is 16.7. The van der Waals surface area contributed by atoms with Crippen LogP contribution in [0.5, 0.6) is 0 Å². The van der Waals surface area contributed by atoms with Gasteiger partial charge in [0.15, 0.2) is 0 Å². The van der Waals surface area contributed by atoms with Crippen molar-refractivity contribution in [2.24, 2.45) is 5.41 Å². The molecule has 0 N–H and O–H groups in total. The Morgan fingerprint density at radius 1 is 1.30 bits per heavy atom. The maximum absolute atomic E-state index is 10.2. The molecule has 1 rings (SSSR count). The lowest BCUT2D eigenvalue weighted by atomic mass is 9.72. The molecule has 110 valence electrons. The van der Waals surface area contributed by atoms with Crippen molar-refractivity contribution in [1.29, 1.82) is 0 Å². The van der Waals surface area contributed by atoms with E-state index in [0.717, 1.165) is 19.1 Å². The molecule has 0 atom stereocenters. The normalized spacial score (nSPS) is 20.1. The number of allylic oxidation sites excluding steroid dienone is 8. The molecular formula is C19H28O. The molecule has 1 heteroatoms. The molecular weight excluding hydrogens is 244 g/mol. The summed E-state index contributed by atoms with van der Waals surface area (Å²) in [6, 6.07) is 0. The van der Waals surface area contributed by atoms with E-state index in [1.165, 1.54) is 30.4 Å². The third kappa shape index (κ3) is 5.32. The van der Waals surface area contributed by atoms with E-state index in [0.29, 0.717) is 5.41 Å². The van der Waals surface area contributed by atoms with Crippen molar-refractivity contribution in [1.82, 2.24) is 0 Å². The maximum atomic E-state index is 10.2. The van der Waals surface area contributed by atoms with E-state index in [9.17, 15) is 4.79 Å². The zero-order valence-corrected chi connectivity index (χ0v) is 13.4. The lowest BCUT2D eigenvalue weighted by Crippen LogP contribution is -2.19. The third-order valence-electron chi connectivity index (χ3n) is 4.07. The van der Waals surface area contributed by atoms with E-state index < -0.39 is 0 Å². The standard InChI is InChI=1S/C19H28O/c1-16(10-7-5-6-8-15-20)12-13-18-17(2)11-9-14-19(18,3)4/h6,8,10,12-13,15H,5,7,9,11,14H2,1-4H3/b8-6+,13-12+,16-10+. The Balaban J connectivity index is 2.64. The highest BCUT2D eigenvalue weighted by Crippen LogP contribution is 2.40. The van der Waals surface area contributed by atoms with Gasteiger partial charge in [-0.25, -0.2) is 0 Å². The zero-order chi connectivity index (χ0) is 15.0. The van der Waals surface area contributed by atoms with Crippen LogP contribution >= 0.6 is 0 Å². The Morgan fingerprint density at radius 3 is 2.70 bits per heavy atom. The lowest BCUT2D eigenvalue weighted by Gasteiger charge is -2.32. The molecule has 0 heterocycles. The largest absolute Gasteiger partial charge is 0.299 e. The second-order valence-corrected chi connectivity index (χ2v) is 6.35. The molecule has 0 spiro atoms. The average Bonchev–Trinajstić information content (AvgIpc) is 2.37. The number of unbranched alkanes of at least 4 members (excludes halogenated alkanes) is 1. The molecule has 0 saturated heterocycles. The molecule has 1 aliphatic carbocycles. The average molecular weight is 272 g/mol. The Bertz CT molecular complexity index is 444. The van der Waals surface area contributed by atoms with Crippen LogP contribution in [0.1, 0.15) is 59.8 Å². The quantitative estimate of drug-likeness (QED) is 0.268. The summed E-state index contributed by atoms with van der Waals surface area (Å²) in [7, 11) is 0. The number of rotatable bonds is 6. The van der Waals surface area contributed by atoms with E-state index in [1.54, 1.807) is 11.6 Å². The summed E-state index contributed by atoms with van der Waals surface area (Å²) in [6.45, 7) is 9.10. The van der Waals surface area contributed by atoms with Gasteiger partial charge in [0.1, 0.15) is 6.29 Å². The fourth-order valence-corrected chi connectivity index (χ4v) is 2.85. The van der Waals surface area contributed by atoms with Gasteiger partial charge in [-0.3, -0.25) is 4.79 Å². The predicted molar refractivity (Wildman–Crippen MR) is 87.7 cm³/mol. The van der Waals surface area contributed by atoms with Crippen LogP contribution in [-0.4, -0.2) is 6.29 Å². The molecule has 1 nitrogen and oxygen atoms in total. The van der Waals surface area contributed by atoms with Gasteiger partial charge < -0.3 is 0 Å². The second kappa shape index (κ2) is 8.04. The van der Waals surface area contributed by atoms with Crippen molar-refractivity contribution in [2.45, 2.75) is 59.8 Å². The van der Waals surface area contributed by atoms with Crippen LogP contribution < -0.4 is 0 Å². The fourth-order valence-electron chi connectivity index (χ4n) is 2.85. The molecule has 1 aliphatic rings. The summed E-state index contributed by atoms with van der Waals surface area (Å²) in [5.74, 6) is 0. The monoisotopic (exact) mass is 272 g/mol. The molecule has 0 fully saturated rings. The number of aldehydes is 1. The minimum atomic E-state index is 0.311. The van der Waals surface area contributed by atoms with Gasteiger partial charge in [0.2, 0.25) is 0 Å². The second-order valence-electron chi connectivity index (χ2n) is 6.35. The van der Waals surface area contributed by atoms with Crippen LogP contribution in [0.15, 0.2) is 47.1 Å². The van der Waals surface area contributed by atoms with Crippen molar-refractivity contribution in [3.05, 3.63) is 47.1 Å². The summed E-state index contributed by atoms with van der Waals surface area (Å²) in [5, 5.41) is 0. The Hall–Kier alpha value is -1.37. The lowest BCUT2D eigenvalue weighted by molar-refractivity contribution is -0.104. The van der Waals surface area contributed by atoms with Crippen LogP contribution in [0, 0.1) is 5.41 Å². The van der Waals surface area contributed by atoms with Crippen LogP contribution in [0.4, 0.5) is 0 Å². The molecule has 0 radical (unpaired) electrons. The van der Waals surface area contributed by atoms with E-state index in [-0.39, 0.29) is 0 Å². The highest BCUT2D eigenvalue weighted by molar-refractivity contribution is 5.64. The number of hydrogen-bond acceptors (Lipinski definition) is 1. The van der Waals surface area contributed by atoms with Gasteiger partial charge in [-0.15, -0.1) is 0 Å². The van der Waals surface area contributed by atoms with Gasteiger partial charge in [0.05, 0.1) is 0 Å². The topological polar surface area (TPSA) is 17.1 Å². The van der Waals surface area contributed by atoms with Crippen molar-refractivity contribution >= 4 is 6.29 Å². The molecule has 0 aromatic rings. The minimum absolute atomic E-state index is 0.311. The molecule has 0 unspecified atom stereocenters. The van der Waals surface area contributed by atoms with Crippen LogP contribution in [0.2, 0.25) is 0 Å². The third-order valence-corrected chi connectivity index (χ3v) is 4.07. The summed E-state index contributed by atoms with van der Waals surface area (Å²) < 4.78 is 0. The zero-order valence-electron chi connectivity index (χ0n) is 13.4. The van der Waals surface area contributed by atoms with Crippen LogP contribution in [0.25, 0.3) is 0 Å². The Labute approximate surface area is 124 Å². The molecule has 0 aromatic heterocycles. The van der Waals surface area contributed by atoms with Crippen LogP contribution in [-0.2, 0) is 4.79 Å². The number of hydrogen-bond donors (Lipinski definition) is 0. The highest BCUT2D eigenvalue weighted by atomic mass is 16.1. The first-order chi connectivity index (χ1) is 9.47. The first-order valence-electron chi connectivity index (χ1n) is 7.63. The van der Waals surface area contributed by atoms with E-state index in [1.807, 2.05) is 6.08 Å². The highest BCUT2D eigenvalue weighted by Gasteiger charge is 2.26. The summed E-state index contributed by atoms with van der Waals surface area (Å²) in [6.07, 6.45) is 16.8. The van der Waals surface area contributed by atoms with E-state index >= 15 is 0 Å². The fraction of sp³-hybridized carbons (Fsp3) is 0.526. The van der Waals surface area contributed by atoms with Crippen molar-refractivity contribution in [3.8, 4) is 0 Å². The van der Waals surface area contributed by atoms with Gasteiger partial charge in [-0.1, -0.05) is 49.3 Å². The smallest absolute Gasteiger partial charge is 0.142 e. The molecule has 20 heavy (non-hydrogen) atoms. The van der Waals surface area contributed by atoms with Gasteiger partial charge in [-0.2, -0.15) is 0 Å². The summed E-state index contributed by atoms with van der Waals surface area (Å²) >= 11 is 0. The number of carbonyl (C=O) groups is 1. The van der Waals surface area contributed by atoms with E-state index in [2.05, 4.69) is 45.9 Å². The first-order valence-corrected chi connectivity index (χ1v) is 7.63. The molecule has 0 saturated carbocycles. The van der Waals surface area contributed by atoms with Gasteiger partial charge in [0, 0.05) is 0 Å². The Morgan fingerprint density at radius 2 is 2.05 bits per heavy atom. The van der Waals surface area contributed by atoms with Gasteiger partial charge in [0.25, 0.3) is 0 Å². The molecule has 0 bridgehead atoms. The molecule has 0 amide bonds. The van der Waals surface area contributed by atoms with Crippen molar-refractivity contribution in [2.75, 3.05) is 0 Å². The maximum Gasteiger partial charge on any atom is 0.142 e. The van der Waals surface area contributed by atoms with Crippen molar-refractivity contribution < 1.29 is 4.79 Å². The number of carbonyl (C=O) groups excluding carboxylic acids is 1. The van der Waals surface area contributed by atoms with E-state index in [4.69, 9.17) is 0 Å².